The van der Waals surface area contributed by atoms with Crippen LogP contribution in [0.25, 0.3) is 0 Å². The van der Waals surface area contributed by atoms with Crippen molar-refractivity contribution in [3.8, 4) is 0 Å². The maximum atomic E-state index is 7.43. The van der Waals surface area contributed by atoms with E-state index in [1.165, 1.54) is 0 Å². The van der Waals surface area contributed by atoms with Crippen LogP contribution in [0.2, 0.25) is 0 Å². The summed E-state index contributed by atoms with van der Waals surface area (Å²) in [5.41, 5.74) is 1.78. The summed E-state index contributed by atoms with van der Waals surface area (Å²) in [4.78, 5) is 2.00. The van der Waals surface area contributed by atoms with Crippen molar-refractivity contribution in [3.63, 3.8) is 0 Å². The zero-order chi connectivity index (χ0) is 12.8. The molecule has 0 heterocycles. The fourth-order valence-corrected chi connectivity index (χ4v) is 1.46. The third-order valence-corrected chi connectivity index (χ3v) is 2.45. The predicted octanol–water partition coefficient (Wildman–Crippen LogP) is 3.50. The lowest BCUT2D eigenvalue weighted by atomic mass is 10.3. The Morgan fingerprint density at radius 2 is 1.76 bits per heavy atom. The van der Waals surface area contributed by atoms with Crippen LogP contribution < -0.4 is 4.90 Å². The summed E-state index contributed by atoms with van der Waals surface area (Å²) >= 11 is 0.980. The Morgan fingerprint density at radius 3 is 2.24 bits per heavy atom. The van der Waals surface area contributed by atoms with Crippen molar-refractivity contribution in [2.45, 2.75) is 6.92 Å². The normalized spacial score (nSPS) is 10.5. The van der Waals surface area contributed by atoms with Crippen LogP contribution in [0.4, 0.5) is 11.4 Å². The molecule has 0 spiro atoms. The first-order valence-electron chi connectivity index (χ1n) is 4.99. The van der Waals surface area contributed by atoms with Crippen LogP contribution in [0, 0.1) is 10.8 Å². The number of nitrogens with zero attached hydrogens (tertiary/aromatic N) is 3. The van der Waals surface area contributed by atoms with E-state index in [2.05, 4.69) is 10.2 Å². The zero-order valence-electron chi connectivity index (χ0n) is 10.1. The summed E-state index contributed by atoms with van der Waals surface area (Å²) in [7, 11) is 3.94. The third kappa shape index (κ3) is 4.78. The van der Waals surface area contributed by atoms with Gasteiger partial charge in [0, 0.05) is 19.8 Å². The summed E-state index contributed by atoms with van der Waals surface area (Å²) < 4.78 is 0. The van der Waals surface area contributed by atoms with Gasteiger partial charge in [-0.15, -0.1) is 10.2 Å². The van der Waals surface area contributed by atoms with Crippen LogP contribution in [0.3, 0.4) is 0 Å². The second kappa shape index (κ2) is 6.15. The number of anilines is 1. The summed E-state index contributed by atoms with van der Waals surface area (Å²) in [6.07, 6.45) is 0. The quantitative estimate of drug-likeness (QED) is 0.478. The molecule has 5 nitrogen and oxygen atoms in total. The molecular formula is C11H15N5S. The minimum Gasteiger partial charge on any atom is -0.378 e. The van der Waals surface area contributed by atoms with Crippen molar-refractivity contribution >= 4 is 33.3 Å². The monoisotopic (exact) mass is 249 g/mol. The molecule has 0 saturated heterocycles. The van der Waals surface area contributed by atoms with E-state index in [0.717, 1.165) is 17.4 Å². The van der Waals surface area contributed by atoms with E-state index >= 15 is 0 Å². The Kier molecular flexibility index (Phi) is 4.84. The second-order valence-electron chi connectivity index (χ2n) is 3.57. The van der Waals surface area contributed by atoms with Gasteiger partial charge in [0.05, 0.1) is 10.7 Å². The number of amidine groups is 1. The molecule has 0 amide bonds. The Bertz CT molecular complexity index is 436. The van der Waals surface area contributed by atoms with Crippen LogP contribution in [0.15, 0.2) is 34.5 Å². The molecule has 0 unspecified atom stereocenters. The maximum absolute atomic E-state index is 7.43. The summed E-state index contributed by atoms with van der Waals surface area (Å²) in [5, 5.41) is 22.6. The zero-order valence-corrected chi connectivity index (χ0v) is 10.9. The maximum Gasteiger partial charge on any atom is 0.207 e. The Balaban J connectivity index is 2.66. The van der Waals surface area contributed by atoms with Crippen molar-refractivity contribution in [1.29, 1.82) is 10.8 Å². The van der Waals surface area contributed by atoms with Gasteiger partial charge < -0.3 is 4.90 Å². The lowest BCUT2D eigenvalue weighted by Gasteiger charge is -2.11. The van der Waals surface area contributed by atoms with Crippen LogP contribution in [0.5, 0.6) is 0 Å². The molecule has 0 radical (unpaired) electrons. The molecule has 1 aromatic rings. The van der Waals surface area contributed by atoms with Crippen LogP contribution in [-0.2, 0) is 0 Å². The number of hydrogen-bond acceptors (Lipinski definition) is 5. The number of nitrogens with one attached hydrogen (secondary N) is 2. The van der Waals surface area contributed by atoms with Gasteiger partial charge in [0.25, 0.3) is 0 Å². The van der Waals surface area contributed by atoms with Gasteiger partial charge in [-0.3, -0.25) is 10.8 Å². The van der Waals surface area contributed by atoms with Gasteiger partial charge in [0.2, 0.25) is 5.17 Å². The lowest BCUT2D eigenvalue weighted by molar-refractivity contribution is 1.13. The van der Waals surface area contributed by atoms with Crippen molar-refractivity contribution in [3.05, 3.63) is 24.3 Å². The molecule has 0 saturated carbocycles. The molecule has 2 N–H and O–H groups in total. The van der Waals surface area contributed by atoms with E-state index in [-0.39, 0.29) is 5.17 Å². The largest absolute Gasteiger partial charge is 0.378 e. The van der Waals surface area contributed by atoms with Gasteiger partial charge >= 0.3 is 0 Å². The average molecular weight is 249 g/mol. The van der Waals surface area contributed by atoms with E-state index in [4.69, 9.17) is 10.8 Å². The molecule has 0 fully saturated rings. The third-order valence-electron chi connectivity index (χ3n) is 1.87. The van der Waals surface area contributed by atoms with E-state index in [1.54, 1.807) is 6.92 Å². The topological polar surface area (TPSA) is 75.7 Å². The van der Waals surface area contributed by atoms with Crippen molar-refractivity contribution < 1.29 is 0 Å². The van der Waals surface area contributed by atoms with E-state index < -0.39 is 0 Å². The van der Waals surface area contributed by atoms with Gasteiger partial charge in [-0.05, 0) is 43.0 Å². The molecular weight excluding hydrogens is 234 g/mol. The van der Waals surface area contributed by atoms with Gasteiger partial charge in [-0.1, -0.05) is 0 Å². The highest BCUT2D eigenvalue weighted by atomic mass is 32.2. The number of azo groups is 1. The van der Waals surface area contributed by atoms with Gasteiger partial charge in [-0.25, -0.2) is 0 Å². The minimum absolute atomic E-state index is 0.0224. The van der Waals surface area contributed by atoms with Crippen LogP contribution in [-0.4, -0.2) is 24.3 Å². The molecule has 1 rings (SSSR count). The lowest BCUT2D eigenvalue weighted by Crippen LogP contribution is -2.07. The predicted molar refractivity (Wildman–Crippen MR) is 74.0 cm³/mol. The first-order chi connectivity index (χ1) is 7.99. The standard InChI is InChI=1S/C11H15N5S/c1-8(12)17-11(13)15-14-9-4-6-10(7-5-9)16(2)3/h4-7,12-13H,1-3H3. The smallest absolute Gasteiger partial charge is 0.207 e. The minimum atomic E-state index is 0.0224. The Morgan fingerprint density at radius 1 is 1.18 bits per heavy atom. The molecule has 0 aliphatic rings. The summed E-state index contributed by atoms with van der Waals surface area (Å²) in [6.45, 7) is 1.61. The molecule has 6 heteroatoms. The first kappa shape index (κ1) is 13.4. The molecule has 17 heavy (non-hydrogen) atoms. The summed E-state index contributed by atoms with van der Waals surface area (Å²) in [5.74, 6) is 0. The second-order valence-corrected chi connectivity index (χ2v) is 4.78. The van der Waals surface area contributed by atoms with Crippen molar-refractivity contribution in [2.24, 2.45) is 10.2 Å². The molecule has 0 aliphatic heterocycles. The van der Waals surface area contributed by atoms with Gasteiger partial charge in [0.1, 0.15) is 0 Å². The molecule has 0 atom stereocenters. The van der Waals surface area contributed by atoms with Gasteiger partial charge in [-0.2, -0.15) is 0 Å². The molecule has 0 aromatic heterocycles. The number of benzene rings is 1. The molecule has 0 bridgehead atoms. The number of rotatable bonds is 2. The van der Waals surface area contributed by atoms with Crippen LogP contribution in [0.1, 0.15) is 6.92 Å². The Hall–Kier alpha value is -1.69. The highest BCUT2D eigenvalue weighted by Gasteiger charge is 1.98. The Labute approximate surface area is 105 Å². The van der Waals surface area contributed by atoms with E-state index in [1.807, 2.05) is 43.3 Å². The molecule has 0 aliphatic carbocycles. The SMILES string of the molecule is CC(=N)SC(=N)N=Nc1ccc(N(C)C)cc1. The summed E-state index contributed by atoms with van der Waals surface area (Å²) in [6, 6.07) is 7.56. The van der Waals surface area contributed by atoms with E-state index in [0.29, 0.717) is 10.7 Å². The number of hydrogen-bond donors (Lipinski definition) is 2. The van der Waals surface area contributed by atoms with Gasteiger partial charge in [0.15, 0.2) is 0 Å². The highest BCUT2D eigenvalue weighted by Crippen LogP contribution is 2.19. The fourth-order valence-electron chi connectivity index (χ4n) is 1.09. The van der Waals surface area contributed by atoms with Crippen molar-refractivity contribution in [1.82, 2.24) is 0 Å². The van der Waals surface area contributed by atoms with Crippen LogP contribution >= 0.6 is 11.8 Å². The first-order valence-corrected chi connectivity index (χ1v) is 5.81. The number of thioether (sulfide) groups is 1. The molecule has 1 aromatic carbocycles. The van der Waals surface area contributed by atoms with E-state index in [9.17, 15) is 0 Å². The highest BCUT2D eigenvalue weighted by molar-refractivity contribution is 8.26. The average Bonchev–Trinajstić information content (AvgIpc) is 2.26. The fraction of sp³-hybridized carbons (Fsp3) is 0.273. The molecule has 90 valence electrons. The van der Waals surface area contributed by atoms with Crippen molar-refractivity contribution in [2.75, 3.05) is 19.0 Å².